The molecule has 2 heterocycles. The van der Waals surface area contributed by atoms with Crippen LogP contribution in [0, 0.1) is 0 Å². The summed E-state index contributed by atoms with van der Waals surface area (Å²) in [7, 11) is 0. The predicted octanol–water partition coefficient (Wildman–Crippen LogP) is 3.53. The molecule has 1 amide bonds. The van der Waals surface area contributed by atoms with E-state index in [2.05, 4.69) is 10.3 Å². The van der Waals surface area contributed by atoms with Gasteiger partial charge in [0, 0.05) is 12.0 Å². The maximum absolute atomic E-state index is 12.1. The molecule has 0 radical (unpaired) electrons. The number of fused-ring (bicyclic) bond motifs is 1. The molecule has 0 saturated carbocycles. The molecule has 0 spiro atoms. The van der Waals surface area contributed by atoms with E-state index in [1.54, 1.807) is 18.0 Å². The molecule has 2 aromatic rings. The largest absolute Gasteiger partial charge is 0.483 e. The Bertz CT molecular complexity index is 744. The number of benzene rings is 1. The van der Waals surface area contributed by atoms with Crippen molar-refractivity contribution >= 4 is 23.4 Å². The van der Waals surface area contributed by atoms with Crippen LogP contribution in [-0.4, -0.2) is 29.4 Å². The lowest BCUT2D eigenvalue weighted by molar-refractivity contribution is -0.118. The third kappa shape index (κ3) is 3.82. The average molecular weight is 344 g/mol. The van der Waals surface area contributed by atoms with Crippen molar-refractivity contribution in [3.63, 3.8) is 0 Å². The lowest BCUT2D eigenvalue weighted by Crippen LogP contribution is -2.25. The number of para-hydroxylation sites is 1. The Kier molecular flexibility index (Phi) is 4.66. The molecule has 1 aliphatic rings. The zero-order chi connectivity index (χ0) is 17.2. The van der Waals surface area contributed by atoms with E-state index in [4.69, 9.17) is 9.47 Å². The summed E-state index contributed by atoms with van der Waals surface area (Å²) in [6.07, 6.45) is 4.42. The van der Waals surface area contributed by atoms with Gasteiger partial charge in [-0.25, -0.2) is 4.98 Å². The summed E-state index contributed by atoms with van der Waals surface area (Å²) in [5, 5.41) is 3.68. The molecule has 126 valence electrons. The number of aromatic nitrogens is 1. The molecular weight excluding hydrogens is 324 g/mol. The molecular formula is C18H20N2O3S. The highest BCUT2D eigenvalue weighted by atomic mass is 32.2. The Balaban J connectivity index is 1.60. The van der Waals surface area contributed by atoms with E-state index >= 15 is 0 Å². The van der Waals surface area contributed by atoms with Crippen molar-refractivity contribution < 1.29 is 14.3 Å². The number of nitrogens with zero attached hydrogens (tertiary/aromatic N) is 1. The van der Waals surface area contributed by atoms with Gasteiger partial charge in [-0.3, -0.25) is 4.79 Å². The first-order valence-corrected chi connectivity index (χ1v) is 8.93. The number of carbonyl (C=O) groups excluding carboxylic acids is 1. The van der Waals surface area contributed by atoms with Crippen LogP contribution in [0.5, 0.6) is 11.5 Å². The summed E-state index contributed by atoms with van der Waals surface area (Å²) < 4.78 is 11.6. The molecule has 1 aliphatic heterocycles. The SMILES string of the molecule is CSc1ccc(NC(=O)COc2cccc3c2OC(C)(C)C3)cn1. The van der Waals surface area contributed by atoms with Crippen molar-refractivity contribution in [1.82, 2.24) is 4.98 Å². The number of amides is 1. The Morgan fingerprint density at radius 1 is 1.38 bits per heavy atom. The van der Waals surface area contributed by atoms with Gasteiger partial charge in [-0.2, -0.15) is 0 Å². The van der Waals surface area contributed by atoms with Crippen LogP contribution in [0.4, 0.5) is 5.69 Å². The number of hydrogen-bond donors (Lipinski definition) is 1. The second-order valence-corrected chi connectivity index (χ2v) is 7.04. The number of anilines is 1. The van der Waals surface area contributed by atoms with Crippen molar-refractivity contribution in [1.29, 1.82) is 0 Å². The van der Waals surface area contributed by atoms with E-state index in [0.717, 1.165) is 22.8 Å². The molecule has 6 heteroatoms. The van der Waals surface area contributed by atoms with Gasteiger partial charge in [0.25, 0.3) is 5.91 Å². The third-order valence-corrected chi connectivity index (χ3v) is 4.30. The van der Waals surface area contributed by atoms with Gasteiger partial charge in [-0.1, -0.05) is 12.1 Å². The van der Waals surface area contributed by atoms with E-state index in [1.807, 2.05) is 50.4 Å². The maximum Gasteiger partial charge on any atom is 0.262 e. The minimum absolute atomic E-state index is 0.0788. The number of carbonyl (C=O) groups is 1. The van der Waals surface area contributed by atoms with Gasteiger partial charge < -0.3 is 14.8 Å². The fraction of sp³-hybridized carbons (Fsp3) is 0.333. The average Bonchev–Trinajstić information content (AvgIpc) is 2.88. The number of rotatable bonds is 5. The zero-order valence-electron chi connectivity index (χ0n) is 14.0. The number of ether oxygens (including phenoxy) is 2. The highest BCUT2D eigenvalue weighted by molar-refractivity contribution is 7.98. The molecule has 0 bridgehead atoms. The number of nitrogens with one attached hydrogen (secondary N) is 1. The zero-order valence-corrected chi connectivity index (χ0v) is 14.8. The molecule has 0 fully saturated rings. The summed E-state index contributed by atoms with van der Waals surface area (Å²) in [6.45, 7) is 3.99. The minimum atomic E-state index is -0.241. The second-order valence-electron chi connectivity index (χ2n) is 6.21. The van der Waals surface area contributed by atoms with Crippen LogP contribution in [-0.2, 0) is 11.2 Å². The first kappa shape index (κ1) is 16.6. The molecule has 1 aromatic carbocycles. The van der Waals surface area contributed by atoms with Crippen LogP contribution in [0.25, 0.3) is 0 Å². The fourth-order valence-electron chi connectivity index (χ4n) is 2.62. The van der Waals surface area contributed by atoms with Crippen LogP contribution in [0.1, 0.15) is 19.4 Å². The van der Waals surface area contributed by atoms with Gasteiger partial charge in [0.15, 0.2) is 18.1 Å². The summed E-state index contributed by atoms with van der Waals surface area (Å²) >= 11 is 1.55. The standard InChI is InChI=1S/C18H20N2O3S/c1-18(2)9-12-5-4-6-14(17(12)23-18)22-11-15(21)20-13-7-8-16(24-3)19-10-13/h4-8,10H,9,11H2,1-3H3,(H,20,21). The Morgan fingerprint density at radius 3 is 2.92 bits per heavy atom. The first-order valence-electron chi connectivity index (χ1n) is 7.70. The summed E-state index contributed by atoms with van der Waals surface area (Å²) in [6, 6.07) is 9.45. The van der Waals surface area contributed by atoms with Crippen LogP contribution in [0.3, 0.4) is 0 Å². The fourth-order valence-corrected chi connectivity index (χ4v) is 2.98. The van der Waals surface area contributed by atoms with Crippen molar-refractivity contribution in [2.75, 3.05) is 18.2 Å². The lowest BCUT2D eigenvalue weighted by Gasteiger charge is -2.18. The predicted molar refractivity (Wildman–Crippen MR) is 95.0 cm³/mol. The van der Waals surface area contributed by atoms with E-state index in [9.17, 15) is 4.79 Å². The molecule has 1 aromatic heterocycles. The Morgan fingerprint density at radius 2 is 2.21 bits per heavy atom. The van der Waals surface area contributed by atoms with E-state index in [1.165, 1.54) is 0 Å². The van der Waals surface area contributed by atoms with Crippen molar-refractivity contribution in [2.24, 2.45) is 0 Å². The van der Waals surface area contributed by atoms with Crippen molar-refractivity contribution in [3.05, 3.63) is 42.1 Å². The van der Waals surface area contributed by atoms with E-state index < -0.39 is 0 Å². The molecule has 5 nitrogen and oxygen atoms in total. The van der Waals surface area contributed by atoms with Crippen LogP contribution in [0.2, 0.25) is 0 Å². The first-order chi connectivity index (χ1) is 11.5. The highest BCUT2D eigenvalue weighted by Gasteiger charge is 2.32. The molecule has 3 rings (SSSR count). The summed E-state index contributed by atoms with van der Waals surface area (Å²) in [5.74, 6) is 1.11. The molecule has 0 atom stereocenters. The van der Waals surface area contributed by atoms with Gasteiger partial charge in [-0.05, 0) is 38.3 Å². The second kappa shape index (κ2) is 6.73. The molecule has 24 heavy (non-hydrogen) atoms. The summed E-state index contributed by atoms with van der Waals surface area (Å²) in [5.41, 5.74) is 1.52. The smallest absolute Gasteiger partial charge is 0.262 e. The lowest BCUT2D eigenvalue weighted by atomic mass is 10.0. The van der Waals surface area contributed by atoms with Crippen LogP contribution in [0.15, 0.2) is 41.6 Å². The highest BCUT2D eigenvalue weighted by Crippen LogP contribution is 2.41. The minimum Gasteiger partial charge on any atom is -0.483 e. The Hall–Kier alpha value is -2.21. The summed E-state index contributed by atoms with van der Waals surface area (Å²) in [4.78, 5) is 16.3. The molecule has 0 aliphatic carbocycles. The quantitative estimate of drug-likeness (QED) is 0.841. The molecule has 0 saturated heterocycles. The van der Waals surface area contributed by atoms with Crippen LogP contribution >= 0.6 is 11.8 Å². The monoisotopic (exact) mass is 344 g/mol. The molecule has 1 N–H and O–H groups in total. The van der Waals surface area contributed by atoms with E-state index in [-0.39, 0.29) is 18.1 Å². The van der Waals surface area contributed by atoms with Gasteiger partial charge in [-0.15, -0.1) is 11.8 Å². The number of hydrogen-bond acceptors (Lipinski definition) is 5. The Labute approximate surface area is 145 Å². The van der Waals surface area contributed by atoms with Crippen molar-refractivity contribution in [2.45, 2.75) is 30.9 Å². The van der Waals surface area contributed by atoms with E-state index in [0.29, 0.717) is 11.4 Å². The third-order valence-electron chi connectivity index (χ3n) is 3.64. The van der Waals surface area contributed by atoms with Gasteiger partial charge in [0.1, 0.15) is 5.60 Å². The number of thioether (sulfide) groups is 1. The number of pyridine rings is 1. The topological polar surface area (TPSA) is 60.5 Å². The van der Waals surface area contributed by atoms with Gasteiger partial charge >= 0.3 is 0 Å². The van der Waals surface area contributed by atoms with Crippen molar-refractivity contribution in [3.8, 4) is 11.5 Å². The normalized spacial score (nSPS) is 14.6. The van der Waals surface area contributed by atoms with Gasteiger partial charge in [0.2, 0.25) is 0 Å². The molecule has 0 unspecified atom stereocenters. The van der Waals surface area contributed by atoms with Gasteiger partial charge in [0.05, 0.1) is 16.9 Å². The maximum atomic E-state index is 12.1. The van der Waals surface area contributed by atoms with Crippen LogP contribution < -0.4 is 14.8 Å².